The summed E-state index contributed by atoms with van der Waals surface area (Å²) < 4.78 is 87.1. The van der Waals surface area contributed by atoms with Gasteiger partial charge in [-0.15, -0.1) is 11.3 Å². The molecule has 4 heterocycles. The minimum atomic E-state index is -4.77. The molecule has 0 spiro atoms. The number of aliphatic hydroxyl groups is 1. The van der Waals surface area contributed by atoms with Gasteiger partial charge in [-0.1, -0.05) is 56.3 Å². The summed E-state index contributed by atoms with van der Waals surface area (Å²) in [6.07, 6.45) is 1.42. The number of imide groups is 1. The number of unbranched alkanes of at least 4 members (excludes halogenated alkanes) is 4. The van der Waals surface area contributed by atoms with E-state index in [1.54, 1.807) is 22.5 Å². The number of benzene rings is 4. The molecule has 91 heavy (non-hydrogen) atoms. The first-order chi connectivity index (χ1) is 43.9. The number of hydrogen-bond acceptors (Lipinski definition) is 17. The lowest BCUT2D eigenvalue weighted by molar-refractivity contribution is -0.143. The van der Waals surface area contributed by atoms with Crippen molar-refractivity contribution in [2.75, 3.05) is 92.9 Å². The van der Waals surface area contributed by atoms with Gasteiger partial charge in [-0.05, 0) is 122 Å². The molecule has 488 valence electrons. The highest BCUT2D eigenvalue weighted by molar-refractivity contribution is 8.18. The SMILES string of the molecule is [C-]#[N+]c1ccc(Oc2ccc(/C=C3\SC(=O)N(CCOCCOCCCCCOCCCCCOCCOCCOc4cc(-c5scnc5C)ccc4CNC(=O)[C@@H]4C[C@@H](O)CN4C(=O)[C@H](C(C)C)N4Cc5ccccc5C4=O)C3=O)cc2OC)c(C(F)(F)F)c1. The third-order valence-electron chi connectivity index (χ3n) is 15.3. The number of methoxy groups -OCH3 is 1. The van der Waals surface area contributed by atoms with Gasteiger partial charge in [-0.25, -0.2) is 9.83 Å². The number of carbonyl (C=O) groups is 5. The van der Waals surface area contributed by atoms with Crippen molar-refractivity contribution in [2.24, 2.45) is 5.92 Å². The highest BCUT2D eigenvalue weighted by Gasteiger charge is 2.46. The molecule has 20 nitrogen and oxygen atoms in total. The average molecular weight is 1300 g/mol. The van der Waals surface area contributed by atoms with Crippen LogP contribution in [0.4, 0.5) is 23.7 Å². The Morgan fingerprint density at radius 2 is 1.45 bits per heavy atom. The minimum Gasteiger partial charge on any atom is -0.493 e. The van der Waals surface area contributed by atoms with Crippen LogP contribution in [0.5, 0.6) is 23.0 Å². The van der Waals surface area contributed by atoms with E-state index in [1.807, 2.05) is 51.1 Å². The number of carbonyl (C=O) groups excluding carboxylic acids is 5. The van der Waals surface area contributed by atoms with Crippen LogP contribution >= 0.6 is 23.1 Å². The first-order valence-corrected chi connectivity index (χ1v) is 32.0. The highest BCUT2D eigenvalue weighted by Crippen LogP contribution is 2.43. The molecular formula is C66H77F3N6O14S2. The molecule has 3 atom stereocenters. The number of fused-ring (bicyclic) bond motifs is 1. The second kappa shape index (κ2) is 34.3. The lowest BCUT2D eigenvalue weighted by Crippen LogP contribution is -2.55. The number of amides is 5. The van der Waals surface area contributed by atoms with E-state index in [2.05, 4.69) is 15.1 Å². The number of alkyl halides is 3. The van der Waals surface area contributed by atoms with Gasteiger partial charge < -0.3 is 58.1 Å². The number of β-amino-alcohol motifs (C(OH)–C–C–N with tert-alkyl or cyclic N) is 1. The zero-order valence-corrected chi connectivity index (χ0v) is 53.1. The number of likely N-dealkylation sites (tertiary alicyclic amines) is 1. The van der Waals surface area contributed by atoms with Crippen LogP contribution < -0.4 is 19.5 Å². The van der Waals surface area contributed by atoms with E-state index in [4.69, 9.17) is 44.5 Å². The fourth-order valence-corrected chi connectivity index (χ4v) is 12.3. The van der Waals surface area contributed by atoms with E-state index in [9.17, 15) is 42.3 Å². The second-order valence-electron chi connectivity index (χ2n) is 22.1. The Hall–Kier alpha value is -7.41. The number of aromatic nitrogens is 1. The van der Waals surface area contributed by atoms with Crippen LogP contribution in [0.3, 0.4) is 0 Å². The summed E-state index contributed by atoms with van der Waals surface area (Å²) in [6, 6.07) is 18.7. The molecule has 25 heteroatoms. The van der Waals surface area contributed by atoms with Gasteiger partial charge in [0.25, 0.3) is 17.1 Å². The fourth-order valence-electron chi connectivity index (χ4n) is 10.6. The van der Waals surface area contributed by atoms with E-state index in [0.717, 1.165) is 88.5 Å². The summed E-state index contributed by atoms with van der Waals surface area (Å²) in [5, 5.41) is 13.3. The average Bonchev–Trinajstić information content (AvgIpc) is 1.69. The van der Waals surface area contributed by atoms with Crippen molar-refractivity contribution in [1.82, 2.24) is 25.0 Å². The number of thiazole rings is 1. The fraction of sp³-hybridized carbons (Fsp3) is 0.470. The molecule has 2 saturated heterocycles. The predicted molar refractivity (Wildman–Crippen MR) is 336 cm³/mol. The van der Waals surface area contributed by atoms with Crippen LogP contribution in [0.15, 0.2) is 89.3 Å². The van der Waals surface area contributed by atoms with Crippen molar-refractivity contribution in [2.45, 2.75) is 103 Å². The Balaban J connectivity index is 0.630. The lowest BCUT2D eigenvalue weighted by atomic mass is 10.0. The van der Waals surface area contributed by atoms with Crippen molar-refractivity contribution in [3.8, 4) is 33.4 Å². The maximum atomic E-state index is 14.3. The van der Waals surface area contributed by atoms with Crippen LogP contribution in [0.2, 0.25) is 0 Å². The van der Waals surface area contributed by atoms with Gasteiger partial charge in [0.15, 0.2) is 17.2 Å². The molecule has 3 aliphatic rings. The molecule has 5 amide bonds. The molecule has 0 unspecified atom stereocenters. The zero-order valence-electron chi connectivity index (χ0n) is 51.5. The van der Waals surface area contributed by atoms with E-state index >= 15 is 0 Å². The Labute approximate surface area is 536 Å². The summed E-state index contributed by atoms with van der Waals surface area (Å²) in [5.41, 5.74) is 4.89. The van der Waals surface area contributed by atoms with Crippen molar-refractivity contribution >= 4 is 63.7 Å². The van der Waals surface area contributed by atoms with Crippen LogP contribution in [-0.2, 0) is 57.3 Å². The molecule has 2 N–H and O–H groups in total. The number of rotatable bonds is 36. The Bertz CT molecular complexity index is 3380. The van der Waals surface area contributed by atoms with Crippen LogP contribution in [0, 0.1) is 19.4 Å². The minimum absolute atomic E-state index is 0.0117. The maximum absolute atomic E-state index is 14.3. The standard InChI is InChI=1S/C66H77F3N6O14S2/c1-43(2)59(75-40-48-14-8-9-15-51(48)62(75)78)64(80)74-41-50(76)38-53(74)61(77)71-39-47-18-17-46(60-44(3)72-42-90-60)36-56(47)88-33-32-87-31-29-85-26-13-7-11-24-83-23-10-6-12-25-84-28-30-86-27-22-73-63(79)58(91-65(73)81)35-45-16-20-55(57(34-45)82-5)89-54-21-19-49(70-4)37-52(54)66(67,68)69/h8-9,14-21,34-37,42-43,50,53,59,76H,6-7,10-13,22-33,38-41H2,1-3,5H3,(H,71,77)/b58-35-/t50-,53+,59+/m1/s1. The lowest BCUT2D eigenvalue weighted by Gasteiger charge is -2.35. The maximum Gasteiger partial charge on any atom is 0.418 e. The quantitative estimate of drug-likeness (QED) is 0.0216. The third kappa shape index (κ3) is 19.3. The predicted octanol–water partition coefficient (Wildman–Crippen LogP) is 11.3. The van der Waals surface area contributed by atoms with Crippen molar-refractivity contribution in [1.29, 1.82) is 0 Å². The zero-order chi connectivity index (χ0) is 64.9. The Morgan fingerprint density at radius 1 is 0.791 bits per heavy atom. The molecule has 0 saturated carbocycles. The largest absolute Gasteiger partial charge is 0.493 e. The molecule has 1 aromatic heterocycles. The normalized spacial score (nSPS) is 16.5. The first kappa shape index (κ1) is 69.5. The van der Waals surface area contributed by atoms with E-state index in [-0.39, 0.29) is 85.7 Å². The number of nitrogens with zero attached hydrogens (tertiary/aromatic N) is 5. The third-order valence-corrected chi connectivity index (χ3v) is 17.2. The second-order valence-corrected chi connectivity index (χ2v) is 24.0. The van der Waals surface area contributed by atoms with E-state index in [0.29, 0.717) is 82.3 Å². The van der Waals surface area contributed by atoms with Crippen molar-refractivity contribution in [3.05, 3.63) is 134 Å². The van der Waals surface area contributed by atoms with Gasteiger partial charge in [0.05, 0.1) is 92.5 Å². The highest BCUT2D eigenvalue weighted by atomic mass is 32.2. The molecule has 8 rings (SSSR count). The van der Waals surface area contributed by atoms with Crippen molar-refractivity contribution in [3.63, 3.8) is 0 Å². The summed E-state index contributed by atoms with van der Waals surface area (Å²) >= 11 is 2.28. The number of aliphatic hydroxyl groups excluding tert-OH is 1. The van der Waals surface area contributed by atoms with Crippen LogP contribution in [0.1, 0.15) is 97.1 Å². The number of nitrogens with one attached hydrogen (secondary N) is 1. The molecular weight excluding hydrogens is 1220 g/mol. The Kier molecular flexibility index (Phi) is 26.2. The summed E-state index contributed by atoms with van der Waals surface area (Å²) in [6.45, 7) is 17.9. The Morgan fingerprint density at radius 3 is 2.10 bits per heavy atom. The topological polar surface area (TPSA) is 218 Å². The van der Waals surface area contributed by atoms with Gasteiger partial charge in [-0.3, -0.25) is 28.9 Å². The van der Waals surface area contributed by atoms with Crippen molar-refractivity contribution < 1.29 is 80.1 Å². The number of thioether (sulfide) groups is 1. The van der Waals surface area contributed by atoms with Gasteiger partial charge in [0.1, 0.15) is 30.2 Å². The van der Waals surface area contributed by atoms with E-state index in [1.165, 1.54) is 53.7 Å². The molecule has 4 aromatic carbocycles. The molecule has 0 aliphatic carbocycles. The molecule has 0 radical (unpaired) electrons. The first-order valence-electron chi connectivity index (χ1n) is 30.4. The number of halogens is 3. The molecule has 5 aromatic rings. The summed E-state index contributed by atoms with van der Waals surface area (Å²) in [5.74, 6) is -1.61. The number of ether oxygens (including phenoxy) is 8. The van der Waals surface area contributed by atoms with Gasteiger partial charge in [-0.2, -0.15) is 13.2 Å². The summed E-state index contributed by atoms with van der Waals surface area (Å²) in [4.78, 5) is 80.1. The molecule has 2 fully saturated rings. The molecule has 0 bridgehead atoms. The monoisotopic (exact) mass is 1300 g/mol. The number of hydrogen-bond donors (Lipinski definition) is 2. The summed E-state index contributed by atoms with van der Waals surface area (Å²) in [7, 11) is 1.31. The van der Waals surface area contributed by atoms with Gasteiger partial charge in [0, 0.05) is 63.6 Å². The molecule has 3 aliphatic heterocycles. The smallest absolute Gasteiger partial charge is 0.418 e. The van der Waals surface area contributed by atoms with Gasteiger partial charge >= 0.3 is 6.18 Å². The van der Waals surface area contributed by atoms with Crippen LogP contribution in [0.25, 0.3) is 21.4 Å². The van der Waals surface area contributed by atoms with Crippen LogP contribution in [-0.4, -0.2) is 165 Å². The van der Waals surface area contributed by atoms with E-state index < -0.39 is 52.7 Å². The number of aryl methyl sites for hydroxylation is 1. The van der Waals surface area contributed by atoms with Gasteiger partial charge in [0.2, 0.25) is 11.8 Å².